The predicted octanol–water partition coefficient (Wildman–Crippen LogP) is 21.3. The van der Waals surface area contributed by atoms with Gasteiger partial charge in [-0.25, -0.2) is 0 Å². The fourth-order valence-electron chi connectivity index (χ4n) is 7.99. The minimum Gasteiger partial charge on any atom is -0.462 e. The summed E-state index contributed by atoms with van der Waals surface area (Å²) in [7, 11) is 0. The third-order valence-corrected chi connectivity index (χ3v) is 12.5. The minimum atomic E-state index is -0.809. The van der Waals surface area contributed by atoms with Crippen LogP contribution in [-0.4, -0.2) is 36.4 Å². The number of aliphatic hydroxyl groups is 1. The summed E-state index contributed by atoms with van der Waals surface area (Å²) in [6.45, 7) is 3.87. The van der Waals surface area contributed by atoms with E-state index in [2.05, 4.69) is 184 Å². The van der Waals surface area contributed by atoms with Gasteiger partial charge >= 0.3 is 11.9 Å². The third-order valence-electron chi connectivity index (χ3n) is 12.5. The number of carbonyl (C=O) groups is 2. The topological polar surface area (TPSA) is 72.8 Å². The van der Waals surface area contributed by atoms with Crippen LogP contribution in [0.2, 0.25) is 0 Å². The van der Waals surface area contributed by atoms with E-state index in [-0.39, 0.29) is 31.6 Å². The Bertz CT molecular complexity index is 1700. The molecule has 1 unspecified atom stereocenters. The van der Waals surface area contributed by atoms with E-state index in [1.165, 1.54) is 89.9 Å². The zero-order valence-electron chi connectivity index (χ0n) is 48.7. The molecule has 0 saturated heterocycles. The summed E-state index contributed by atoms with van der Waals surface area (Å²) in [6.07, 6.45) is 101. The van der Waals surface area contributed by atoms with Crippen LogP contribution in [0.1, 0.15) is 245 Å². The highest BCUT2D eigenvalue weighted by molar-refractivity contribution is 5.70. The standard InChI is InChI=1S/C71H112O5/c1-3-5-7-9-11-13-15-17-19-21-23-25-27-29-31-32-33-34-35-36-37-38-40-41-43-45-47-49-51-53-55-57-59-61-63-65-70(73)75-68-69(67-72)76-71(74)66-64-62-60-58-56-54-52-50-48-46-44-42-39-30-28-26-24-22-20-18-16-14-12-10-8-6-4-2/h5-8,11-14,17-20,23-26,29-31,33-34,39,44,46,50,52,56,58,69,72H,3-4,9-10,15-16,21-22,27-28,32,35-38,40-43,45,47-49,51,53-55,57,59-68H2,1-2H3/b7-5-,8-6-,13-11-,14-12-,19-17-,20-18-,25-23-,26-24-,31-29-,34-33-,39-30-,46-44-,52-50-,58-56-. The SMILES string of the molecule is CC/C=C\C/C=C\C/C=C\C/C=C\C/C=C\C/C=C\C/C=C\C/C=C\CCCCC(=O)OC(CO)COC(=O)CCCCCCCCCCCCCCCCCC/C=C\C/C=C\C/C=C\C/C=C\C/C=C\C/C=C\CC. The Morgan fingerprint density at radius 3 is 0.816 bits per heavy atom. The van der Waals surface area contributed by atoms with Crippen molar-refractivity contribution < 1.29 is 24.2 Å². The monoisotopic (exact) mass is 1040 g/mol. The number of hydrogen-bond donors (Lipinski definition) is 1. The summed E-state index contributed by atoms with van der Waals surface area (Å²) in [5.74, 6) is -0.650. The maximum absolute atomic E-state index is 12.3. The molecule has 426 valence electrons. The Morgan fingerprint density at radius 1 is 0.303 bits per heavy atom. The van der Waals surface area contributed by atoms with Crippen LogP contribution >= 0.6 is 0 Å². The van der Waals surface area contributed by atoms with E-state index in [1.54, 1.807) is 0 Å². The third kappa shape index (κ3) is 61.8. The number of allylic oxidation sites excluding steroid dienone is 28. The van der Waals surface area contributed by atoms with Gasteiger partial charge in [-0.05, 0) is 128 Å². The van der Waals surface area contributed by atoms with Crippen molar-refractivity contribution in [1.29, 1.82) is 0 Å². The number of ether oxygens (including phenoxy) is 2. The highest BCUT2D eigenvalue weighted by Crippen LogP contribution is 2.15. The van der Waals surface area contributed by atoms with Gasteiger partial charge in [0.2, 0.25) is 0 Å². The van der Waals surface area contributed by atoms with Crippen LogP contribution in [0, 0.1) is 0 Å². The summed E-state index contributed by atoms with van der Waals surface area (Å²) in [4.78, 5) is 24.6. The average molecular weight is 1050 g/mol. The highest BCUT2D eigenvalue weighted by Gasteiger charge is 2.16. The number of carbonyl (C=O) groups excluding carboxylic acids is 2. The van der Waals surface area contributed by atoms with Gasteiger partial charge in [-0.2, -0.15) is 0 Å². The molecule has 0 spiro atoms. The van der Waals surface area contributed by atoms with E-state index in [9.17, 15) is 14.7 Å². The molecule has 0 aromatic heterocycles. The molecule has 1 N–H and O–H groups in total. The molecular formula is C71H112O5. The van der Waals surface area contributed by atoms with E-state index < -0.39 is 6.10 Å². The lowest BCUT2D eigenvalue weighted by Crippen LogP contribution is -2.28. The normalized spacial score (nSPS) is 13.5. The molecule has 5 heteroatoms. The largest absolute Gasteiger partial charge is 0.462 e. The molecule has 0 fully saturated rings. The van der Waals surface area contributed by atoms with Crippen LogP contribution in [0.3, 0.4) is 0 Å². The van der Waals surface area contributed by atoms with Gasteiger partial charge in [0, 0.05) is 12.8 Å². The van der Waals surface area contributed by atoms with Crippen molar-refractivity contribution >= 4 is 11.9 Å². The van der Waals surface area contributed by atoms with Gasteiger partial charge in [0.05, 0.1) is 6.61 Å². The molecule has 0 bridgehead atoms. The van der Waals surface area contributed by atoms with Crippen LogP contribution in [-0.2, 0) is 19.1 Å². The van der Waals surface area contributed by atoms with Crippen molar-refractivity contribution in [3.63, 3.8) is 0 Å². The second-order valence-corrected chi connectivity index (χ2v) is 19.7. The molecule has 0 radical (unpaired) electrons. The molecule has 0 aliphatic heterocycles. The van der Waals surface area contributed by atoms with Crippen LogP contribution in [0.5, 0.6) is 0 Å². The molecule has 0 aromatic rings. The molecule has 0 rings (SSSR count). The molecule has 0 saturated carbocycles. The minimum absolute atomic E-state index is 0.0935. The maximum atomic E-state index is 12.3. The fraction of sp³-hybridized carbons (Fsp3) is 0.577. The van der Waals surface area contributed by atoms with E-state index in [1.807, 2.05) is 0 Å². The molecule has 76 heavy (non-hydrogen) atoms. The maximum Gasteiger partial charge on any atom is 0.306 e. The van der Waals surface area contributed by atoms with Gasteiger partial charge in [0.1, 0.15) is 6.61 Å². The van der Waals surface area contributed by atoms with E-state index >= 15 is 0 Å². The highest BCUT2D eigenvalue weighted by atomic mass is 16.6. The van der Waals surface area contributed by atoms with Crippen LogP contribution < -0.4 is 0 Å². The molecule has 0 amide bonds. The van der Waals surface area contributed by atoms with Crippen molar-refractivity contribution in [2.45, 2.75) is 251 Å². The Kier molecular flexibility index (Phi) is 60.5. The second kappa shape index (κ2) is 64.5. The van der Waals surface area contributed by atoms with Crippen LogP contribution in [0.15, 0.2) is 170 Å². The summed E-state index contributed by atoms with van der Waals surface area (Å²) in [5.41, 5.74) is 0. The molecule has 0 aliphatic rings. The Morgan fingerprint density at radius 2 is 0.526 bits per heavy atom. The lowest BCUT2D eigenvalue weighted by molar-refractivity contribution is -0.161. The molecule has 0 aromatic carbocycles. The number of rotatable bonds is 54. The van der Waals surface area contributed by atoms with E-state index in [0.29, 0.717) is 12.8 Å². The quantitative estimate of drug-likeness (QED) is 0.0373. The number of aliphatic hydroxyl groups excluding tert-OH is 1. The molecule has 0 aliphatic carbocycles. The smallest absolute Gasteiger partial charge is 0.306 e. The lowest BCUT2D eigenvalue weighted by Gasteiger charge is -2.15. The predicted molar refractivity (Wildman–Crippen MR) is 333 cm³/mol. The number of unbranched alkanes of at least 4 members (excludes halogenated alkanes) is 18. The molecule has 1 atom stereocenters. The zero-order valence-corrected chi connectivity index (χ0v) is 48.7. The first-order valence-corrected chi connectivity index (χ1v) is 30.7. The van der Waals surface area contributed by atoms with Crippen molar-refractivity contribution in [1.82, 2.24) is 0 Å². The summed E-state index contributed by atoms with van der Waals surface area (Å²) in [5, 5.41) is 9.67. The molecule has 5 nitrogen and oxygen atoms in total. The summed E-state index contributed by atoms with van der Waals surface area (Å²) < 4.78 is 10.7. The Balaban J connectivity index is 3.59. The van der Waals surface area contributed by atoms with Crippen molar-refractivity contribution in [2.24, 2.45) is 0 Å². The Hall–Kier alpha value is -4.74. The van der Waals surface area contributed by atoms with Crippen molar-refractivity contribution in [3.05, 3.63) is 170 Å². The molecule has 0 heterocycles. The van der Waals surface area contributed by atoms with Gasteiger partial charge in [-0.15, -0.1) is 0 Å². The zero-order chi connectivity index (χ0) is 54.8. The summed E-state index contributed by atoms with van der Waals surface area (Å²) >= 11 is 0. The first-order valence-electron chi connectivity index (χ1n) is 30.7. The van der Waals surface area contributed by atoms with Crippen LogP contribution in [0.4, 0.5) is 0 Å². The summed E-state index contributed by atoms with van der Waals surface area (Å²) in [6, 6.07) is 0. The van der Waals surface area contributed by atoms with Crippen LogP contribution in [0.25, 0.3) is 0 Å². The van der Waals surface area contributed by atoms with E-state index in [4.69, 9.17) is 9.47 Å². The second-order valence-electron chi connectivity index (χ2n) is 19.7. The van der Waals surface area contributed by atoms with Gasteiger partial charge in [0.15, 0.2) is 6.10 Å². The van der Waals surface area contributed by atoms with Gasteiger partial charge in [0.25, 0.3) is 0 Å². The first kappa shape index (κ1) is 71.3. The van der Waals surface area contributed by atoms with Crippen molar-refractivity contribution in [2.75, 3.05) is 13.2 Å². The van der Waals surface area contributed by atoms with Gasteiger partial charge in [-0.3, -0.25) is 9.59 Å². The number of esters is 2. The lowest BCUT2D eigenvalue weighted by atomic mass is 10.0. The number of hydrogen-bond acceptors (Lipinski definition) is 5. The molecular weight excluding hydrogens is 933 g/mol. The Labute approximate surface area is 468 Å². The van der Waals surface area contributed by atoms with E-state index in [0.717, 1.165) is 122 Å². The van der Waals surface area contributed by atoms with Crippen molar-refractivity contribution in [3.8, 4) is 0 Å². The first-order chi connectivity index (χ1) is 37.6. The van der Waals surface area contributed by atoms with Gasteiger partial charge < -0.3 is 14.6 Å². The van der Waals surface area contributed by atoms with Gasteiger partial charge in [-0.1, -0.05) is 274 Å². The average Bonchev–Trinajstić information content (AvgIpc) is 3.42. The fourth-order valence-corrected chi connectivity index (χ4v) is 7.99.